The van der Waals surface area contributed by atoms with Crippen LogP contribution in [0.25, 0.3) is 0 Å². The number of amides is 1. The number of benzene rings is 1. The molecule has 0 spiro atoms. The zero-order valence-corrected chi connectivity index (χ0v) is 20.4. The van der Waals surface area contributed by atoms with Gasteiger partial charge in [-0.15, -0.1) is 35.3 Å². The van der Waals surface area contributed by atoms with Crippen LogP contribution in [0.1, 0.15) is 51.9 Å². The van der Waals surface area contributed by atoms with E-state index in [2.05, 4.69) is 41.6 Å². The van der Waals surface area contributed by atoms with Gasteiger partial charge < -0.3 is 15.5 Å². The zero-order valence-electron chi connectivity index (χ0n) is 17.2. The van der Waals surface area contributed by atoms with E-state index >= 15 is 0 Å². The molecule has 1 aliphatic rings. The molecule has 2 heterocycles. The van der Waals surface area contributed by atoms with Crippen molar-refractivity contribution >= 4 is 47.2 Å². The minimum atomic E-state index is 0. The predicted molar refractivity (Wildman–Crippen MR) is 132 cm³/mol. The second-order valence-corrected chi connectivity index (χ2v) is 8.48. The van der Waals surface area contributed by atoms with Crippen LogP contribution in [0.4, 0.5) is 0 Å². The second-order valence-electron chi connectivity index (χ2n) is 7.11. The molecule has 7 heteroatoms. The average Bonchev–Trinajstić information content (AvgIpc) is 3.16. The molecule has 1 saturated heterocycles. The maximum Gasteiger partial charge on any atom is 0.253 e. The third kappa shape index (κ3) is 7.29. The number of piperidine rings is 1. The van der Waals surface area contributed by atoms with E-state index in [-0.39, 0.29) is 29.9 Å². The Bertz CT molecular complexity index is 797. The highest BCUT2D eigenvalue weighted by molar-refractivity contribution is 14.0. The number of thiophene rings is 1. The van der Waals surface area contributed by atoms with Crippen LogP contribution in [0.15, 0.2) is 41.4 Å². The number of likely N-dealkylation sites (tertiary alicyclic amines) is 1. The number of hydrogen-bond donors (Lipinski definition) is 2. The molecule has 1 aromatic heterocycles. The lowest BCUT2D eigenvalue weighted by atomic mass is 10.1. The largest absolute Gasteiger partial charge is 0.357 e. The fourth-order valence-corrected chi connectivity index (χ4v) is 4.13. The minimum absolute atomic E-state index is 0. The molecule has 0 unspecified atom stereocenters. The first-order chi connectivity index (χ1) is 13.7. The molecule has 0 bridgehead atoms. The van der Waals surface area contributed by atoms with Crippen molar-refractivity contribution in [2.45, 2.75) is 46.2 Å². The predicted octanol–water partition coefficient (Wildman–Crippen LogP) is 4.56. The van der Waals surface area contributed by atoms with Crippen LogP contribution in [0.3, 0.4) is 0 Å². The Morgan fingerprint density at radius 1 is 1.07 bits per heavy atom. The number of carbonyl (C=O) groups is 1. The fraction of sp³-hybridized carbons (Fsp3) is 0.455. The van der Waals surface area contributed by atoms with Gasteiger partial charge in [0.05, 0.1) is 13.1 Å². The van der Waals surface area contributed by atoms with E-state index in [0.717, 1.165) is 56.1 Å². The van der Waals surface area contributed by atoms with Crippen molar-refractivity contribution in [1.82, 2.24) is 15.5 Å². The Morgan fingerprint density at radius 2 is 1.79 bits per heavy atom. The molecule has 3 rings (SSSR count). The Morgan fingerprint density at radius 3 is 2.41 bits per heavy atom. The Hall–Kier alpha value is -1.61. The van der Waals surface area contributed by atoms with Gasteiger partial charge in [0, 0.05) is 35.0 Å². The smallest absolute Gasteiger partial charge is 0.253 e. The van der Waals surface area contributed by atoms with Crippen LogP contribution in [-0.2, 0) is 13.1 Å². The van der Waals surface area contributed by atoms with E-state index in [1.807, 2.05) is 29.2 Å². The molecule has 2 aromatic rings. The first-order valence-electron chi connectivity index (χ1n) is 10.1. The molecule has 1 fully saturated rings. The number of nitrogens with zero attached hydrogens (tertiary/aromatic N) is 2. The van der Waals surface area contributed by atoms with Crippen molar-refractivity contribution in [3.63, 3.8) is 0 Å². The van der Waals surface area contributed by atoms with Gasteiger partial charge in [0.2, 0.25) is 0 Å². The van der Waals surface area contributed by atoms with Gasteiger partial charge in [0.1, 0.15) is 0 Å². The average molecular weight is 526 g/mol. The van der Waals surface area contributed by atoms with Gasteiger partial charge in [-0.1, -0.05) is 12.1 Å². The number of carbonyl (C=O) groups excluding carboxylic acids is 1. The lowest BCUT2D eigenvalue weighted by Crippen LogP contribution is -2.36. The molecule has 0 radical (unpaired) electrons. The highest BCUT2D eigenvalue weighted by Crippen LogP contribution is 2.15. The Balaban J connectivity index is 0.00000300. The lowest BCUT2D eigenvalue weighted by molar-refractivity contribution is 0.0724. The number of aliphatic imine (C=N–C) groups is 1. The summed E-state index contributed by atoms with van der Waals surface area (Å²) in [6.07, 6.45) is 3.46. The molecular formula is C22H31IN4OS. The summed E-state index contributed by atoms with van der Waals surface area (Å²) in [4.78, 5) is 21.8. The van der Waals surface area contributed by atoms with E-state index in [9.17, 15) is 4.79 Å². The molecular weight excluding hydrogens is 495 g/mol. The normalized spacial score (nSPS) is 14.3. The SMILES string of the molecule is CCNC(=NCc1ccc(C(=O)N2CCCCC2)cc1)NCc1ccc(C)s1.I. The molecule has 1 amide bonds. The summed E-state index contributed by atoms with van der Waals surface area (Å²) >= 11 is 1.80. The van der Waals surface area contributed by atoms with Crippen molar-refractivity contribution in [2.75, 3.05) is 19.6 Å². The molecule has 1 aliphatic heterocycles. The van der Waals surface area contributed by atoms with Crippen LogP contribution in [-0.4, -0.2) is 36.4 Å². The minimum Gasteiger partial charge on any atom is -0.357 e. The Kier molecular flexibility index (Phi) is 9.93. The third-order valence-electron chi connectivity index (χ3n) is 4.83. The van der Waals surface area contributed by atoms with E-state index in [0.29, 0.717) is 6.54 Å². The van der Waals surface area contributed by atoms with Gasteiger partial charge >= 0.3 is 0 Å². The van der Waals surface area contributed by atoms with Crippen molar-refractivity contribution in [1.29, 1.82) is 0 Å². The van der Waals surface area contributed by atoms with Gasteiger partial charge in [0.15, 0.2) is 5.96 Å². The molecule has 2 N–H and O–H groups in total. The molecule has 1 aromatic carbocycles. The Labute approximate surface area is 195 Å². The molecule has 29 heavy (non-hydrogen) atoms. The first-order valence-corrected chi connectivity index (χ1v) is 10.9. The maximum atomic E-state index is 12.6. The monoisotopic (exact) mass is 526 g/mol. The maximum absolute atomic E-state index is 12.6. The number of aryl methyl sites for hydroxylation is 1. The second kappa shape index (κ2) is 12.2. The van der Waals surface area contributed by atoms with Gasteiger partial charge in [-0.2, -0.15) is 0 Å². The van der Waals surface area contributed by atoms with Crippen molar-refractivity contribution in [3.8, 4) is 0 Å². The third-order valence-corrected chi connectivity index (χ3v) is 5.83. The fourth-order valence-electron chi connectivity index (χ4n) is 3.30. The quantitative estimate of drug-likeness (QED) is 0.330. The standard InChI is InChI=1S/C22H30N4OS.HI/c1-3-23-22(25-16-20-12-7-17(2)28-20)24-15-18-8-10-19(11-9-18)21(27)26-13-5-4-6-14-26;/h7-12H,3-6,13-16H2,1-2H3,(H2,23,24,25);1H. The van der Waals surface area contributed by atoms with E-state index in [4.69, 9.17) is 0 Å². The lowest BCUT2D eigenvalue weighted by Gasteiger charge is -2.26. The molecule has 5 nitrogen and oxygen atoms in total. The van der Waals surface area contributed by atoms with Gasteiger partial charge in [-0.3, -0.25) is 4.79 Å². The van der Waals surface area contributed by atoms with Crippen molar-refractivity contribution in [2.24, 2.45) is 4.99 Å². The summed E-state index contributed by atoms with van der Waals surface area (Å²) in [5, 5.41) is 6.67. The first kappa shape index (κ1) is 23.7. The highest BCUT2D eigenvalue weighted by Gasteiger charge is 2.17. The summed E-state index contributed by atoms with van der Waals surface area (Å²) in [6, 6.07) is 12.2. The van der Waals surface area contributed by atoms with E-state index in [1.165, 1.54) is 16.2 Å². The summed E-state index contributed by atoms with van der Waals surface area (Å²) < 4.78 is 0. The van der Waals surface area contributed by atoms with E-state index in [1.54, 1.807) is 11.3 Å². The van der Waals surface area contributed by atoms with Crippen LogP contribution in [0, 0.1) is 6.92 Å². The van der Waals surface area contributed by atoms with Crippen molar-refractivity contribution in [3.05, 3.63) is 57.3 Å². The molecule has 0 saturated carbocycles. The number of halogens is 1. The van der Waals surface area contributed by atoms with Crippen molar-refractivity contribution < 1.29 is 4.79 Å². The highest BCUT2D eigenvalue weighted by atomic mass is 127. The number of guanidine groups is 1. The van der Waals surface area contributed by atoms with Crippen LogP contribution in [0.5, 0.6) is 0 Å². The number of nitrogens with one attached hydrogen (secondary N) is 2. The summed E-state index contributed by atoms with van der Waals surface area (Å²) in [5.74, 6) is 0.957. The topological polar surface area (TPSA) is 56.7 Å². The summed E-state index contributed by atoms with van der Waals surface area (Å²) in [6.45, 7) is 8.11. The van der Waals surface area contributed by atoms with Crippen LogP contribution < -0.4 is 10.6 Å². The van der Waals surface area contributed by atoms with Gasteiger partial charge in [0.25, 0.3) is 5.91 Å². The molecule has 158 valence electrons. The van der Waals surface area contributed by atoms with Gasteiger partial charge in [-0.05, 0) is 62.9 Å². The molecule has 0 aliphatic carbocycles. The van der Waals surface area contributed by atoms with Crippen LogP contribution >= 0.6 is 35.3 Å². The molecule has 0 atom stereocenters. The van der Waals surface area contributed by atoms with E-state index < -0.39 is 0 Å². The summed E-state index contributed by atoms with van der Waals surface area (Å²) in [7, 11) is 0. The summed E-state index contributed by atoms with van der Waals surface area (Å²) in [5.41, 5.74) is 1.87. The number of rotatable bonds is 6. The number of hydrogen-bond acceptors (Lipinski definition) is 3. The zero-order chi connectivity index (χ0) is 19.8. The van der Waals surface area contributed by atoms with Gasteiger partial charge in [-0.25, -0.2) is 4.99 Å². The van der Waals surface area contributed by atoms with Crippen LogP contribution in [0.2, 0.25) is 0 Å².